The van der Waals surface area contributed by atoms with E-state index in [1.54, 1.807) is 0 Å². The second-order valence-electron chi connectivity index (χ2n) is 6.49. The van der Waals surface area contributed by atoms with Gasteiger partial charge in [0.05, 0.1) is 0 Å². The number of rotatable bonds is 1. The van der Waals surface area contributed by atoms with Gasteiger partial charge in [0.15, 0.2) is 0 Å². The van der Waals surface area contributed by atoms with E-state index in [9.17, 15) is 0 Å². The summed E-state index contributed by atoms with van der Waals surface area (Å²) in [4.78, 5) is 2.62. The molecular formula is C17H22N2S. The molecule has 4 rings (SSSR count). The van der Waals surface area contributed by atoms with Crippen molar-refractivity contribution in [3.05, 3.63) is 29.6 Å². The first-order valence-electron chi connectivity index (χ1n) is 7.75. The van der Waals surface area contributed by atoms with Crippen LogP contribution in [0.5, 0.6) is 0 Å². The molecule has 1 aliphatic heterocycles. The molecule has 20 heavy (non-hydrogen) atoms. The Bertz CT molecular complexity index is 612. The van der Waals surface area contributed by atoms with E-state index in [1.165, 1.54) is 48.0 Å². The Morgan fingerprint density at radius 1 is 1.25 bits per heavy atom. The maximum atomic E-state index is 3.84. The van der Waals surface area contributed by atoms with E-state index in [1.807, 2.05) is 11.3 Å². The molecular weight excluding hydrogens is 264 g/mol. The van der Waals surface area contributed by atoms with Crippen molar-refractivity contribution in [1.29, 1.82) is 0 Å². The third-order valence-corrected chi connectivity index (χ3v) is 6.00. The summed E-state index contributed by atoms with van der Waals surface area (Å²) in [6, 6.07) is 9.78. The Balaban J connectivity index is 1.67. The van der Waals surface area contributed by atoms with Gasteiger partial charge in [0.25, 0.3) is 0 Å². The summed E-state index contributed by atoms with van der Waals surface area (Å²) < 4.78 is 1.40. The molecule has 1 saturated carbocycles. The quantitative estimate of drug-likeness (QED) is 0.852. The van der Waals surface area contributed by atoms with Crippen LogP contribution in [0.4, 0.5) is 5.69 Å². The summed E-state index contributed by atoms with van der Waals surface area (Å²) in [6.45, 7) is 4.62. The normalized spacial score (nSPS) is 25.6. The average Bonchev–Trinajstić information content (AvgIpc) is 3.10. The maximum Gasteiger partial charge on any atom is 0.0387 e. The predicted octanol–water partition coefficient (Wildman–Crippen LogP) is 4.01. The van der Waals surface area contributed by atoms with Crippen molar-refractivity contribution in [3.8, 4) is 0 Å². The van der Waals surface area contributed by atoms with Crippen LogP contribution in [0.25, 0.3) is 10.1 Å². The summed E-state index contributed by atoms with van der Waals surface area (Å²) in [5, 5.41) is 7.41. The minimum atomic E-state index is 0.385. The molecule has 1 aromatic heterocycles. The molecule has 2 nitrogen and oxygen atoms in total. The van der Waals surface area contributed by atoms with Crippen LogP contribution in [0.15, 0.2) is 29.6 Å². The molecule has 0 radical (unpaired) electrons. The molecule has 2 fully saturated rings. The first-order chi connectivity index (χ1) is 9.76. The van der Waals surface area contributed by atoms with Crippen molar-refractivity contribution in [2.24, 2.45) is 0 Å². The first kappa shape index (κ1) is 12.7. The Labute approximate surface area is 124 Å². The van der Waals surface area contributed by atoms with Gasteiger partial charge in [-0.25, -0.2) is 0 Å². The summed E-state index contributed by atoms with van der Waals surface area (Å²) in [5.41, 5.74) is 1.78. The molecule has 2 aromatic rings. The van der Waals surface area contributed by atoms with E-state index in [2.05, 4.69) is 46.8 Å². The first-order valence-corrected chi connectivity index (χ1v) is 8.63. The average molecular weight is 286 g/mol. The molecule has 1 saturated heterocycles. The molecule has 1 aromatic carbocycles. The lowest BCUT2D eigenvalue weighted by Crippen LogP contribution is -2.62. The van der Waals surface area contributed by atoms with Crippen LogP contribution in [-0.2, 0) is 0 Å². The van der Waals surface area contributed by atoms with Gasteiger partial charge in [-0.1, -0.05) is 12.8 Å². The van der Waals surface area contributed by atoms with Crippen molar-refractivity contribution in [2.75, 3.05) is 18.0 Å². The number of benzene rings is 1. The lowest BCUT2D eigenvalue weighted by molar-refractivity contribution is 0.276. The van der Waals surface area contributed by atoms with Crippen LogP contribution >= 0.6 is 11.3 Å². The molecule has 2 heterocycles. The molecule has 3 heteroatoms. The highest BCUT2D eigenvalue weighted by Crippen LogP contribution is 2.36. The number of nitrogens with zero attached hydrogens (tertiary/aromatic N) is 1. The molecule has 106 valence electrons. The predicted molar refractivity (Wildman–Crippen MR) is 87.8 cm³/mol. The van der Waals surface area contributed by atoms with Crippen LogP contribution in [0.2, 0.25) is 0 Å². The standard InChI is InChI=1S/C17H22N2S/c1-13-11-18-17(7-2-3-8-17)12-19(13)15-4-5-16-14(10-15)6-9-20-16/h4-6,9-10,13,18H,2-3,7-8,11-12H2,1H3. The smallest absolute Gasteiger partial charge is 0.0387 e. The lowest BCUT2D eigenvalue weighted by Gasteiger charge is -2.46. The highest BCUT2D eigenvalue weighted by molar-refractivity contribution is 7.17. The SMILES string of the molecule is CC1CNC2(CCCC2)CN1c1ccc2sccc2c1. The summed E-state index contributed by atoms with van der Waals surface area (Å²) in [6.07, 6.45) is 5.46. The summed E-state index contributed by atoms with van der Waals surface area (Å²) >= 11 is 1.83. The van der Waals surface area contributed by atoms with Gasteiger partial charge in [0.1, 0.15) is 0 Å². The van der Waals surface area contributed by atoms with E-state index in [0.29, 0.717) is 11.6 Å². The van der Waals surface area contributed by atoms with Gasteiger partial charge < -0.3 is 10.2 Å². The second kappa shape index (κ2) is 4.74. The number of fused-ring (bicyclic) bond motifs is 1. The van der Waals surface area contributed by atoms with Crippen LogP contribution in [0.3, 0.4) is 0 Å². The zero-order valence-corrected chi connectivity index (χ0v) is 12.9. The van der Waals surface area contributed by atoms with Crippen LogP contribution in [0, 0.1) is 0 Å². The number of nitrogens with one attached hydrogen (secondary N) is 1. The number of anilines is 1. The Morgan fingerprint density at radius 2 is 2.10 bits per heavy atom. The van der Waals surface area contributed by atoms with Crippen molar-refractivity contribution in [1.82, 2.24) is 5.32 Å². The topological polar surface area (TPSA) is 15.3 Å². The molecule has 0 amide bonds. The zero-order chi connectivity index (χ0) is 13.6. The fourth-order valence-electron chi connectivity index (χ4n) is 3.88. The Kier molecular flexibility index (Phi) is 3.00. The van der Waals surface area contributed by atoms with Crippen molar-refractivity contribution in [3.63, 3.8) is 0 Å². The maximum absolute atomic E-state index is 3.84. The number of hydrogen-bond donors (Lipinski definition) is 1. The van der Waals surface area contributed by atoms with Gasteiger partial charge in [0, 0.05) is 35.1 Å². The minimum Gasteiger partial charge on any atom is -0.366 e. The van der Waals surface area contributed by atoms with E-state index in [0.717, 1.165) is 6.54 Å². The van der Waals surface area contributed by atoms with Gasteiger partial charge in [-0.15, -0.1) is 11.3 Å². The molecule has 1 N–H and O–H groups in total. The zero-order valence-electron chi connectivity index (χ0n) is 12.1. The molecule has 1 atom stereocenters. The van der Waals surface area contributed by atoms with Gasteiger partial charge in [-0.05, 0) is 54.8 Å². The molecule has 0 bridgehead atoms. The number of piperazine rings is 1. The number of thiophene rings is 1. The van der Waals surface area contributed by atoms with E-state index >= 15 is 0 Å². The van der Waals surface area contributed by atoms with Crippen molar-refractivity contribution < 1.29 is 0 Å². The summed E-state index contributed by atoms with van der Waals surface area (Å²) in [5.74, 6) is 0. The van der Waals surface area contributed by atoms with E-state index in [-0.39, 0.29) is 0 Å². The molecule has 1 spiro atoms. The van der Waals surface area contributed by atoms with Crippen LogP contribution in [-0.4, -0.2) is 24.7 Å². The molecule has 2 aliphatic rings. The van der Waals surface area contributed by atoms with E-state index < -0.39 is 0 Å². The van der Waals surface area contributed by atoms with Gasteiger partial charge in [-0.3, -0.25) is 0 Å². The fourth-order valence-corrected chi connectivity index (χ4v) is 4.65. The minimum absolute atomic E-state index is 0.385. The lowest BCUT2D eigenvalue weighted by atomic mass is 9.92. The van der Waals surface area contributed by atoms with Gasteiger partial charge >= 0.3 is 0 Å². The van der Waals surface area contributed by atoms with Crippen molar-refractivity contribution >= 4 is 27.1 Å². The Morgan fingerprint density at radius 3 is 2.95 bits per heavy atom. The van der Waals surface area contributed by atoms with Crippen molar-refractivity contribution in [2.45, 2.75) is 44.2 Å². The largest absolute Gasteiger partial charge is 0.366 e. The van der Waals surface area contributed by atoms with Crippen LogP contribution < -0.4 is 10.2 Å². The highest BCUT2D eigenvalue weighted by atomic mass is 32.1. The number of hydrogen-bond acceptors (Lipinski definition) is 3. The van der Waals surface area contributed by atoms with E-state index in [4.69, 9.17) is 0 Å². The van der Waals surface area contributed by atoms with Crippen LogP contribution in [0.1, 0.15) is 32.6 Å². The molecule has 1 unspecified atom stereocenters. The Hall–Kier alpha value is -1.06. The van der Waals surface area contributed by atoms with Gasteiger partial charge in [0.2, 0.25) is 0 Å². The highest BCUT2D eigenvalue weighted by Gasteiger charge is 2.39. The third kappa shape index (κ3) is 2.04. The fraction of sp³-hybridized carbons (Fsp3) is 0.529. The second-order valence-corrected chi connectivity index (χ2v) is 7.44. The monoisotopic (exact) mass is 286 g/mol. The van der Waals surface area contributed by atoms with Gasteiger partial charge in [-0.2, -0.15) is 0 Å². The molecule has 1 aliphatic carbocycles. The summed E-state index contributed by atoms with van der Waals surface area (Å²) in [7, 11) is 0. The third-order valence-electron chi connectivity index (χ3n) is 5.11.